The third kappa shape index (κ3) is 3.64. The molecule has 20 heavy (non-hydrogen) atoms. The summed E-state index contributed by atoms with van der Waals surface area (Å²) in [5.41, 5.74) is 0. The third-order valence-electron chi connectivity index (χ3n) is 3.21. The molecule has 3 rings (SSSR count). The van der Waals surface area contributed by atoms with E-state index in [1.807, 2.05) is 0 Å². The van der Waals surface area contributed by atoms with E-state index in [1.165, 1.54) is 0 Å². The molecule has 0 aromatic carbocycles. The van der Waals surface area contributed by atoms with Crippen LogP contribution in [0.3, 0.4) is 0 Å². The fourth-order valence-corrected chi connectivity index (χ4v) is 6.10. The van der Waals surface area contributed by atoms with Crippen LogP contribution in [0.1, 0.15) is 0 Å². The van der Waals surface area contributed by atoms with Gasteiger partial charge in [0.2, 0.25) is 0 Å². The number of thiocarbonyl (C=S) groups is 3. The minimum atomic E-state index is 0. The first-order valence-electron chi connectivity index (χ1n) is 5.98. The summed E-state index contributed by atoms with van der Waals surface area (Å²) in [6.07, 6.45) is 0. The largest absolute Gasteiger partial charge is 1.00 e. The Hall–Kier alpha value is 1.78. The van der Waals surface area contributed by atoms with Crippen LogP contribution in [0, 0.1) is 0 Å². The van der Waals surface area contributed by atoms with Crippen molar-refractivity contribution >= 4 is 92.0 Å². The molecule has 0 aromatic rings. The predicted molar refractivity (Wildman–Crippen MR) is 101 cm³/mol. The molecule has 103 valence electrons. The number of rotatable bonds is 3. The molecule has 0 aromatic heterocycles. The Kier molecular flexibility index (Phi) is 7.30. The number of nitrogens with zero attached hydrogens (tertiary/aromatic N) is 3. The summed E-state index contributed by atoms with van der Waals surface area (Å²) < 4.78 is 2.93. The van der Waals surface area contributed by atoms with Crippen LogP contribution in [0.2, 0.25) is 0 Å². The molecule has 0 unspecified atom stereocenters. The molecule has 3 aliphatic heterocycles. The van der Waals surface area contributed by atoms with Gasteiger partial charge in [-0.3, -0.25) is 0 Å². The van der Waals surface area contributed by atoms with E-state index in [1.54, 1.807) is 35.3 Å². The topological polar surface area (TPSA) is 9.72 Å². The van der Waals surface area contributed by atoms with Crippen LogP contribution in [0.5, 0.6) is 0 Å². The molecule has 0 amide bonds. The zero-order valence-electron chi connectivity index (χ0n) is 11.1. The van der Waals surface area contributed by atoms with E-state index in [0.717, 1.165) is 49.9 Å². The van der Waals surface area contributed by atoms with Gasteiger partial charge in [-0.1, -0.05) is 71.9 Å². The van der Waals surface area contributed by atoms with E-state index < -0.39 is 0 Å². The zero-order chi connectivity index (χ0) is 13.4. The zero-order valence-corrected chi connectivity index (χ0v) is 18.0. The Morgan fingerprint density at radius 2 is 1.00 bits per heavy atom. The van der Waals surface area contributed by atoms with Crippen molar-refractivity contribution in [1.29, 1.82) is 0 Å². The van der Waals surface area contributed by atoms with Crippen LogP contribution in [0.4, 0.5) is 0 Å². The van der Waals surface area contributed by atoms with Crippen molar-refractivity contribution in [2.75, 3.05) is 36.9 Å². The van der Waals surface area contributed by atoms with E-state index in [0.29, 0.717) is 0 Å². The summed E-state index contributed by atoms with van der Waals surface area (Å²) in [5.74, 6) is 3.20. The Labute approximate surface area is 171 Å². The molecule has 3 fully saturated rings. The van der Waals surface area contributed by atoms with Gasteiger partial charge >= 0.3 is 29.6 Å². The van der Waals surface area contributed by atoms with Crippen LogP contribution in [0.25, 0.3) is 0 Å². The van der Waals surface area contributed by atoms with Crippen molar-refractivity contribution in [3.63, 3.8) is 0 Å². The number of hydrogen-bond acceptors (Lipinski definition) is 6. The van der Waals surface area contributed by atoms with Crippen LogP contribution in [0.15, 0.2) is 0 Å². The van der Waals surface area contributed by atoms with Gasteiger partial charge < -0.3 is 14.4 Å². The van der Waals surface area contributed by atoms with Gasteiger partial charge in [0.1, 0.15) is 0 Å². The van der Waals surface area contributed by atoms with Gasteiger partial charge in [-0.25, -0.2) is 0 Å². The van der Waals surface area contributed by atoms with Gasteiger partial charge in [-0.05, 0) is 19.6 Å². The second-order valence-electron chi connectivity index (χ2n) is 4.27. The van der Waals surface area contributed by atoms with Crippen molar-refractivity contribution in [3.8, 4) is 0 Å². The Balaban J connectivity index is 0.00000147. The predicted octanol–water partition coefficient (Wildman–Crippen LogP) is -1.02. The normalized spacial score (nSPS) is 23.2. The molecule has 0 saturated carbocycles. The second-order valence-corrected chi connectivity index (χ2v) is 9.46. The molecule has 3 heterocycles. The minimum absolute atomic E-state index is 0. The maximum Gasteiger partial charge on any atom is 1.00 e. The molecule has 3 saturated heterocycles. The SMILES string of the molecule is S=C1SCCN1[B-](N1CCSC1=S)N1CCSC1=S.[Na+]. The molecule has 0 spiro atoms. The summed E-state index contributed by atoms with van der Waals surface area (Å²) in [6, 6.07) is 0. The van der Waals surface area contributed by atoms with Gasteiger partial charge in [0.05, 0.1) is 13.0 Å². The fourth-order valence-electron chi connectivity index (χ4n) is 2.35. The molecule has 0 aliphatic carbocycles. The summed E-state index contributed by atoms with van der Waals surface area (Å²) in [4.78, 5) is 6.86. The van der Waals surface area contributed by atoms with Crippen molar-refractivity contribution in [1.82, 2.24) is 14.4 Å². The Morgan fingerprint density at radius 3 is 1.20 bits per heavy atom. The molecular weight excluding hydrogens is 376 g/mol. The van der Waals surface area contributed by atoms with E-state index in [-0.39, 0.29) is 36.7 Å². The van der Waals surface area contributed by atoms with Crippen LogP contribution < -0.4 is 29.6 Å². The maximum absolute atomic E-state index is 5.50. The Morgan fingerprint density at radius 1 is 0.700 bits per heavy atom. The van der Waals surface area contributed by atoms with Crippen LogP contribution in [-0.2, 0) is 0 Å². The van der Waals surface area contributed by atoms with Crippen molar-refractivity contribution in [2.45, 2.75) is 0 Å². The summed E-state index contributed by atoms with van der Waals surface area (Å²) in [6.45, 7) is 2.96. The van der Waals surface area contributed by atoms with Crippen molar-refractivity contribution < 1.29 is 29.6 Å². The average Bonchev–Trinajstić information content (AvgIpc) is 3.07. The number of hydrogen-bond donors (Lipinski definition) is 0. The maximum atomic E-state index is 5.50. The first-order chi connectivity index (χ1) is 9.18. The van der Waals surface area contributed by atoms with Gasteiger partial charge in [-0.15, -0.1) is 0 Å². The molecule has 0 bridgehead atoms. The van der Waals surface area contributed by atoms with Crippen molar-refractivity contribution in [2.24, 2.45) is 0 Å². The number of thioether (sulfide) groups is 3. The smallest absolute Gasteiger partial charge is 0.517 e. The van der Waals surface area contributed by atoms with Gasteiger partial charge in [0.15, 0.2) is 7.12 Å². The minimum Gasteiger partial charge on any atom is -0.517 e. The van der Waals surface area contributed by atoms with E-state index in [4.69, 9.17) is 36.7 Å². The fraction of sp³-hybridized carbons (Fsp3) is 0.667. The second kappa shape index (κ2) is 8.05. The van der Waals surface area contributed by atoms with Gasteiger partial charge in [-0.2, -0.15) is 0 Å². The van der Waals surface area contributed by atoms with Crippen molar-refractivity contribution in [3.05, 3.63) is 0 Å². The van der Waals surface area contributed by atoms with E-state index >= 15 is 0 Å². The summed E-state index contributed by atoms with van der Waals surface area (Å²) in [5, 5.41) is 0. The molecule has 11 heteroatoms. The van der Waals surface area contributed by atoms with Crippen LogP contribution in [-0.4, -0.2) is 71.4 Å². The summed E-state index contributed by atoms with van der Waals surface area (Å²) >= 11 is 21.8. The first-order valence-corrected chi connectivity index (χ1v) is 10.2. The molecule has 1 radical (unpaired) electrons. The Bertz CT molecular complexity index is 376. The molecule has 3 aliphatic rings. The quantitative estimate of drug-likeness (QED) is 0.440. The molecule has 0 N–H and O–H groups in total. The van der Waals surface area contributed by atoms with Gasteiger partial charge in [0, 0.05) is 17.3 Å². The standard InChI is InChI=1S/C9H12BN3S6.Na/c14-7-11(1-4-17-7)10(12-2-5-18-8(12)15)13-3-6-19-9(13)16;/h1-6H2;/q-1;+1. The van der Waals surface area contributed by atoms with Crippen LogP contribution >= 0.6 is 71.9 Å². The average molecular weight is 388 g/mol. The van der Waals surface area contributed by atoms with Gasteiger partial charge in [0.25, 0.3) is 0 Å². The molecule has 3 nitrogen and oxygen atoms in total. The monoisotopic (exact) mass is 388 g/mol. The van der Waals surface area contributed by atoms with E-state index in [9.17, 15) is 0 Å². The molecule has 0 atom stereocenters. The third-order valence-corrected chi connectivity index (χ3v) is 7.58. The van der Waals surface area contributed by atoms with E-state index in [2.05, 4.69) is 14.4 Å². The first kappa shape index (κ1) is 18.1. The molecular formula is C9H12BN3NaS6. The summed E-state index contributed by atoms with van der Waals surface area (Å²) in [7, 11) is 0.104.